The minimum atomic E-state index is -0.270. The SMILES string of the molecule is COc1cc(/C=N\NC(=O)CSc2nc3ccccc3o2)cc(I)c1OCc1ccc(Cl)cc1. The largest absolute Gasteiger partial charge is 0.493 e. The van der Waals surface area contributed by atoms with Crippen molar-refractivity contribution in [1.29, 1.82) is 0 Å². The average molecular weight is 608 g/mol. The van der Waals surface area contributed by atoms with Gasteiger partial charge in [-0.3, -0.25) is 4.79 Å². The molecule has 1 N–H and O–H groups in total. The highest BCUT2D eigenvalue weighted by molar-refractivity contribution is 14.1. The summed E-state index contributed by atoms with van der Waals surface area (Å²) in [7, 11) is 1.58. The number of benzene rings is 3. The van der Waals surface area contributed by atoms with Gasteiger partial charge in [0.1, 0.15) is 12.1 Å². The third-order valence-electron chi connectivity index (χ3n) is 4.55. The number of thioether (sulfide) groups is 1. The number of hydrogen-bond donors (Lipinski definition) is 1. The fourth-order valence-corrected chi connectivity index (χ4v) is 4.48. The molecule has 174 valence electrons. The van der Waals surface area contributed by atoms with Crippen molar-refractivity contribution in [1.82, 2.24) is 10.4 Å². The van der Waals surface area contributed by atoms with Crippen molar-refractivity contribution in [2.24, 2.45) is 5.10 Å². The van der Waals surface area contributed by atoms with Gasteiger partial charge in [-0.25, -0.2) is 10.4 Å². The molecule has 4 rings (SSSR count). The second-order valence-electron chi connectivity index (χ2n) is 6.98. The second-order valence-corrected chi connectivity index (χ2v) is 9.50. The Morgan fingerprint density at radius 1 is 1.24 bits per heavy atom. The molecule has 3 aromatic carbocycles. The number of halogens is 2. The first-order chi connectivity index (χ1) is 16.5. The van der Waals surface area contributed by atoms with Crippen molar-refractivity contribution in [3.8, 4) is 11.5 Å². The number of aromatic nitrogens is 1. The van der Waals surface area contributed by atoms with E-state index >= 15 is 0 Å². The van der Waals surface area contributed by atoms with E-state index < -0.39 is 0 Å². The number of hydrazone groups is 1. The summed E-state index contributed by atoms with van der Waals surface area (Å²) in [6, 6.07) is 18.6. The zero-order valence-electron chi connectivity index (χ0n) is 18.0. The molecule has 0 bridgehead atoms. The fourth-order valence-electron chi connectivity index (χ4n) is 2.94. The summed E-state index contributed by atoms with van der Waals surface area (Å²) in [6.07, 6.45) is 1.55. The molecule has 1 heterocycles. The van der Waals surface area contributed by atoms with Crippen molar-refractivity contribution < 1.29 is 18.7 Å². The van der Waals surface area contributed by atoms with Crippen molar-refractivity contribution in [3.63, 3.8) is 0 Å². The van der Waals surface area contributed by atoms with E-state index in [2.05, 4.69) is 38.1 Å². The zero-order chi connectivity index (χ0) is 23.9. The molecule has 0 atom stereocenters. The normalized spacial score (nSPS) is 11.1. The summed E-state index contributed by atoms with van der Waals surface area (Å²) >= 11 is 9.32. The predicted octanol–water partition coefficient (Wildman–Crippen LogP) is 5.92. The molecule has 0 aliphatic heterocycles. The van der Waals surface area contributed by atoms with E-state index in [1.807, 2.05) is 54.6 Å². The van der Waals surface area contributed by atoms with Gasteiger partial charge in [-0.2, -0.15) is 5.10 Å². The maximum atomic E-state index is 12.1. The van der Waals surface area contributed by atoms with Gasteiger partial charge in [0, 0.05) is 5.02 Å². The van der Waals surface area contributed by atoms with Crippen molar-refractivity contribution in [3.05, 3.63) is 80.4 Å². The molecule has 10 heteroatoms. The number of nitrogens with one attached hydrogen (secondary N) is 1. The first-order valence-corrected chi connectivity index (χ1v) is 12.5. The van der Waals surface area contributed by atoms with Crippen LogP contribution in [0.4, 0.5) is 0 Å². The molecule has 0 unspecified atom stereocenters. The Labute approximate surface area is 219 Å². The Hall–Kier alpha value is -2.76. The predicted molar refractivity (Wildman–Crippen MR) is 142 cm³/mol. The van der Waals surface area contributed by atoms with Gasteiger partial charge in [-0.05, 0) is 70.1 Å². The summed E-state index contributed by atoms with van der Waals surface area (Å²) in [5, 5.41) is 5.16. The first kappa shape index (κ1) is 24.4. The lowest BCUT2D eigenvalue weighted by atomic mass is 10.2. The lowest BCUT2D eigenvalue weighted by Crippen LogP contribution is -2.19. The topological polar surface area (TPSA) is 86.0 Å². The molecule has 0 aliphatic carbocycles. The molecule has 1 amide bonds. The van der Waals surface area contributed by atoms with Crippen LogP contribution in [0.1, 0.15) is 11.1 Å². The van der Waals surface area contributed by atoms with Crippen LogP contribution in [0, 0.1) is 3.57 Å². The Bertz CT molecular complexity index is 1290. The van der Waals surface area contributed by atoms with Crippen LogP contribution in [-0.4, -0.2) is 30.0 Å². The molecule has 0 radical (unpaired) electrons. The van der Waals surface area contributed by atoms with Crippen molar-refractivity contribution >= 4 is 69.2 Å². The van der Waals surface area contributed by atoms with Gasteiger partial charge in [-0.1, -0.05) is 47.6 Å². The van der Waals surface area contributed by atoms with Gasteiger partial charge >= 0.3 is 0 Å². The molecule has 0 saturated carbocycles. The van der Waals surface area contributed by atoms with Gasteiger partial charge in [-0.15, -0.1) is 0 Å². The molecular weight excluding hydrogens is 589 g/mol. The summed E-state index contributed by atoms with van der Waals surface area (Å²) < 4.78 is 17.9. The van der Waals surface area contributed by atoms with Gasteiger partial charge in [0.2, 0.25) is 0 Å². The van der Waals surface area contributed by atoms with Gasteiger partial charge < -0.3 is 13.9 Å². The monoisotopic (exact) mass is 607 g/mol. The molecular formula is C24H19ClIN3O4S. The second kappa shape index (κ2) is 11.6. The molecule has 34 heavy (non-hydrogen) atoms. The standard InChI is InChI=1S/C24H19ClIN3O4S/c1-31-21-11-16(10-18(26)23(21)32-13-15-6-8-17(25)9-7-15)12-27-29-22(30)14-34-24-28-19-4-2-3-5-20(19)33-24/h2-12H,13-14H2,1H3,(H,29,30)/b27-12-. The number of methoxy groups -OCH3 is 1. The number of nitrogens with zero attached hydrogens (tertiary/aromatic N) is 2. The van der Waals surface area contributed by atoms with Crippen molar-refractivity contribution in [2.45, 2.75) is 11.8 Å². The number of carbonyl (C=O) groups excluding carboxylic acids is 1. The third kappa shape index (κ3) is 6.43. The maximum absolute atomic E-state index is 12.1. The molecule has 0 aliphatic rings. The molecule has 0 saturated heterocycles. The van der Waals surface area contributed by atoms with Crippen molar-refractivity contribution in [2.75, 3.05) is 12.9 Å². The highest BCUT2D eigenvalue weighted by atomic mass is 127. The summed E-state index contributed by atoms with van der Waals surface area (Å²) in [6.45, 7) is 0.380. The maximum Gasteiger partial charge on any atom is 0.257 e. The van der Waals surface area contributed by atoms with Gasteiger partial charge in [0.15, 0.2) is 17.1 Å². The van der Waals surface area contributed by atoms with Crippen LogP contribution in [0.25, 0.3) is 11.1 Å². The molecule has 1 aromatic heterocycles. The number of hydrogen-bond acceptors (Lipinski definition) is 7. The summed E-state index contributed by atoms with van der Waals surface area (Å²) in [5.41, 5.74) is 5.71. The van der Waals surface area contributed by atoms with E-state index in [1.54, 1.807) is 19.4 Å². The van der Waals surface area contributed by atoms with E-state index in [0.29, 0.717) is 33.9 Å². The number of amides is 1. The van der Waals surface area contributed by atoms with E-state index in [0.717, 1.165) is 20.2 Å². The molecule has 4 aromatic rings. The first-order valence-electron chi connectivity index (χ1n) is 10.1. The van der Waals surface area contributed by atoms with E-state index in [9.17, 15) is 4.79 Å². The Kier molecular flexibility index (Phi) is 8.30. The molecule has 0 spiro atoms. The summed E-state index contributed by atoms with van der Waals surface area (Å²) in [5.74, 6) is 1.06. The van der Waals surface area contributed by atoms with Crippen LogP contribution in [0.15, 0.2) is 75.4 Å². The Morgan fingerprint density at radius 2 is 2.03 bits per heavy atom. The minimum Gasteiger partial charge on any atom is -0.493 e. The van der Waals surface area contributed by atoms with Gasteiger partial charge in [0.25, 0.3) is 11.1 Å². The number of para-hydroxylation sites is 2. The number of fused-ring (bicyclic) bond motifs is 1. The van der Waals surface area contributed by atoms with Gasteiger partial charge in [0.05, 0.1) is 22.6 Å². The summed E-state index contributed by atoms with van der Waals surface area (Å²) in [4.78, 5) is 16.5. The zero-order valence-corrected chi connectivity index (χ0v) is 21.7. The smallest absolute Gasteiger partial charge is 0.257 e. The Morgan fingerprint density at radius 3 is 2.79 bits per heavy atom. The van der Waals surface area contributed by atoms with Crippen LogP contribution in [0.3, 0.4) is 0 Å². The highest BCUT2D eigenvalue weighted by Gasteiger charge is 2.12. The van der Waals surface area contributed by atoms with Crippen LogP contribution in [0.2, 0.25) is 5.02 Å². The molecule has 0 fully saturated rings. The number of carbonyl (C=O) groups is 1. The number of ether oxygens (including phenoxy) is 2. The minimum absolute atomic E-state index is 0.127. The van der Waals surface area contributed by atoms with Crippen LogP contribution >= 0.6 is 46.0 Å². The average Bonchev–Trinajstić information content (AvgIpc) is 3.26. The van der Waals surface area contributed by atoms with E-state index in [4.69, 9.17) is 25.5 Å². The fraction of sp³-hybridized carbons (Fsp3) is 0.125. The highest BCUT2D eigenvalue weighted by Crippen LogP contribution is 2.34. The van der Waals surface area contributed by atoms with E-state index in [1.165, 1.54) is 11.8 Å². The van der Waals surface area contributed by atoms with Crippen LogP contribution < -0.4 is 14.9 Å². The molecule has 7 nitrogen and oxygen atoms in total. The van der Waals surface area contributed by atoms with Crippen LogP contribution in [-0.2, 0) is 11.4 Å². The van der Waals surface area contributed by atoms with E-state index in [-0.39, 0.29) is 11.7 Å². The quantitative estimate of drug-likeness (QED) is 0.110. The Balaban J connectivity index is 1.33. The number of rotatable bonds is 9. The van der Waals surface area contributed by atoms with Crippen LogP contribution in [0.5, 0.6) is 11.5 Å². The number of oxazole rings is 1. The third-order valence-corrected chi connectivity index (χ3v) is 6.43. The lowest BCUT2D eigenvalue weighted by Gasteiger charge is -2.13. The lowest BCUT2D eigenvalue weighted by molar-refractivity contribution is -0.118.